The van der Waals surface area contributed by atoms with Gasteiger partial charge < -0.3 is 5.11 Å². The average Bonchev–Trinajstić information content (AvgIpc) is 2.70. The second kappa shape index (κ2) is 8.26. The van der Waals surface area contributed by atoms with Gasteiger partial charge in [-0.15, -0.1) is 0 Å². The molecule has 3 nitrogen and oxygen atoms in total. The van der Waals surface area contributed by atoms with Crippen LogP contribution in [0.5, 0.6) is 5.75 Å². The molecule has 1 aliphatic rings. The molecule has 3 aromatic carbocycles. The van der Waals surface area contributed by atoms with E-state index in [1.165, 1.54) is 0 Å². The lowest BCUT2D eigenvalue weighted by molar-refractivity contribution is 0.413. The van der Waals surface area contributed by atoms with Crippen LogP contribution in [0.3, 0.4) is 0 Å². The number of halogens is 3. The van der Waals surface area contributed by atoms with Crippen molar-refractivity contribution in [3.63, 3.8) is 0 Å². The highest BCUT2D eigenvalue weighted by Gasteiger charge is 2.27. The monoisotopic (exact) mass is 474 g/mol. The highest BCUT2D eigenvalue weighted by molar-refractivity contribution is 9.10. The number of hydrogen-bond acceptors (Lipinski definition) is 3. The molecule has 4 rings (SSSR count). The van der Waals surface area contributed by atoms with E-state index in [1.807, 2.05) is 48.5 Å². The molecule has 0 spiro atoms. The summed E-state index contributed by atoms with van der Waals surface area (Å²) >= 11 is 15.7. The van der Waals surface area contributed by atoms with Crippen molar-refractivity contribution >= 4 is 44.8 Å². The second-order valence-corrected chi connectivity index (χ2v) is 8.45. The van der Waals surface area contributed by atoms with Crippen LogP contribution >= 0.6 is 39.1 Å². The van der Waals surface area contributed by atoms with Gasteiger partial charge in [-0.3, -0.25) is 10.3 Å². The Bertz CT molecular complexity index is 1020. The van der Waals surface area contributed by atoms with Gasteiger partial charge in [0, 0.05) is 38.3 Å². The molecule has 0 amide bonds. The van der Waals surface area contributed by atoms with Crippen LogP contribution in [0.25, 0.3) is 0 Å². The summed E-state index contributed by atoms with van der Waals surface area (Å²) in [7, 11) is 0. The first-order chi connectivity index (χ1) is 13.5. The van der Waals surface area contributed by atoms with Gasteiger partial charge in [0.25, 0.3) is 0 Å². The van der Waals surface area contributed by atoms with Crippen LogP contribution in [0.4, 0.5) is 0 Å². The molecular weight excluding hydrogens is 459 g/mol. The van der Waals surface area contributed by atoms with Gasteiger partial charge in [0.2, 0.25) is 0 Å². The Hall–Kier alpha value is -1.85. The number of phenols is 1. The Morgan fingerprint density at radius 2 is 1.61 bits per heavy atom. The number of aliphatic imine (C=N–C) groups is 1. The van der Waals surface area contributed by atoms with Crippen LogP contribution in [-0.2, 0) is 0 Å². The molecule has 0 fully saturated rings. The van der Waals surface area contributed by atoms with Crippen molar-refractivity contribution in [2.75, 3.05) is 0 Å². The summed E-state index contributed by atoms with van der Waals surface area (Å²) in [5.74, 6) is 0.216. The largest absolute Gasteiger partial charge is 0.508 e. The average molecular weight is 476 g/mol. The maximum absolute atomic E-state index is 10.4. The van der Waals surface area contributed by atoms with E-state index in [2.05, 4.69) is 21.2 Å². The van der Waals surface area contributed by atoms with E-state index in [4.69, 9.17) is 28.2 Å². The molecule has 0 saturated carbocycles. The third-order valence-corrected chi connectivity index (χ3v) is 5.79. The first-order valence-electron chi connectivity index (χ1n) is 8.82. The molecule has 0 aromatic heterocycles. The zero-order valence-corrected chi connectivity index (χ0v) is 17.8. The lowest BCUT2D eigenvalue weighted by Crippen LogP contribution is -2.33. The van der Waals surface area contributed by atoms with Crippen molar-refractivity contribution in [2.24, 2.45) is 4.99 Å². The number of benzene rings is 3. The molecule has 0 radical (unpaired) electrons. The predicted octanol–water partition coefficient (Wildman–Crippen LogP) is 6.68. The summed E-state index contributed by atoms with van der Waals surface area (Å²) in [5.41, 5.74) is 3.78. The van der Waals surface area contributed by atoms with Crippen molar-refractivity contribution in [2.45, 2.75) is 18.6 Å². The molecule has 1 heterocycles. The molecule has 0 aliphatic carbocycles. The Morgan fingerprint density at radius 1 is 0.929 bits per heavy atom. The van der Waals surface area contributed by atoms with Gasteiger partial charge in [-0.25, -0.2) is 0 Å². The quantitative estimate of drug-likeness (QED) is 0.443. The maximum atomic E-state index is 10.4. The van der Waals surface area contributed by atoms with Crippen molar-refractivity contribution in [3.05, 3.63) is 97.9 Å². The summed E-state index contributed by atoms with van der Waals surface area (Å²) in [4.78, 5) is 4.94. The van der Waals surface area contributed by atoms with Crippen LogP contribution in [0.15, 0.2) is 76.2 Å². The topological polar surface area (TPSA) is 44.6 Å². The molecule has 142 valence electrons. The number of nitrogens with one attached hydrogen (secondary N) is 1. The van der Waals surface area contributed by atoms with E-state index in [-0.39, 0.29) is 18.0 Å². The molecule has 1 aliphatic heterocycles. The Balaban J connectivity index is 1.76. The maximum Gasteiger partial charge on any atom is 0.126 e. The SMILES string of the molecule is Oc1ccc(Cl)cc1[C@H]1CC(c2ccc(Br)cc2)=N[C@H](c2ccc(Cl)cc2)N1. The normalized spacial score (nSPS) is 19.3. The van der Waals surface area contributed by atoms with E-state index in [9.17, 15) is 5.11 Å². The number of hydrogen-bond donors (Lipinski definition) is 2. The summed E-state index contributed by atoms with van der Waals surface area (Å²) in [6.07, 6.45) is 0.382. The standard InChI is InChI=1S/C22H17BrCl2N2O/c23-15-5-1-13(2-6-15)19-12-20(18-11-17(25)9-10-21(18)28)27-22(26-19)14-3-7-16(24)8-4-14/h1-11,20,22,27-28H,12H2/t20-,22+/m1/s1. The lowest BCUT2D eigenvalue weighted by Gasteiger charge is -2.31. The van der Waals surface area contributed by atoms with E-state index in [1.54, 1.807) is 18.2 Å². The molecule has 2 atom stereocenters. The Labute approximate surface area is 182 Å². The smallest absolute Gasteiger partial charge is 0.126 e. The zero-order valence-electron chi connectivity index (χ0n) is 14.7. The summed E-state index contributed by atoms with van der Waals surface area (Å²) in [5, 5.41) is 15.2. The minimum absolute atomic E-state index is 0.129. The third kappa shape index (κ3) is 4.26. The molecule has 2 N–H and O–H groups in total. The fourth-order valence-electron chi connectivity index (χ4n) is 3.34. The number of nitrogens with zero attached hydrogens (tertiary/aromatic N) is 1. The van der Waals surface area contributed by atoms with Gasteiger partial charge in [-0.1, -0.05) is 63.4 Å². The Morgan fingerprint density at radius 3 is 2.32 bits per heavy atom. The van der Waals surface area contributed by atoms with Crippen molar-refractivity contribution in [1.29, 1.82) is 0 Å². The van der Waals surface area contributed by atoms with Crippen molar-refractivity contribution < 1.29 is 5.11 Å². The molecule has 0 saturated heterocycles. The molecule has 6 heteroatoms. The van der Waals surface area contributed by atoms with Crippen molar-refractivity contribution in [1.82, 2.24) is 5.32 Å². The zero-order chi connectivity index (χ0) is 19.7. The molecule has 0 unspecified atom stereocenters. The minimum Gasteiger partial charge on any atom is -0.508 e. The van der Waals surface area contributed by atoms with E-state index in [0.29, 0.717) is 16.5 Å². The highest BCUT2D eigenvalue weighted by Crippen LogP contribution is 2.36. The van der Waals surface area contributed by atoms with Gasteiger partial charge in [-0.05, 0) is 53.6 Å². The van der Waals surface area contributed by atoms with Gasteiger partial charge >= 0.3 is 0 Å². The summed E-state index contributed by atoms with van der Waals surface area (Å²) in [6.45, 7) is 0. The second-order valence-electron chi connectivity index (χ2n) is 6.66. The van der Waals surface area contributed by atoms with Gasteiger partial charge in [0.15, 0.2) is 0 Å². The summed E-state index contributed by atoms with van der Waals surface area (Å²) in [6, 6.07) is 20.7. The third-order valence-electron chi connectivity index (χ3n) is 4.77. The number of phenolic OH excluding ortho intramolecular Hbond substituents is 1. The molecular formula is C22H17BrCl2N2O. The summed E-state index contributed by atoms with van der Waals surface area (Å²) < 4.78 is 1.02. The van der Waals surface area contributed by atoms with E-state index in [0.717, 1.165) is 26.9 Å². The van der Waals surface area contributed by atoms with Gasteiger partial charge in [0.1, 0.15) is 11.9 Å². The Kier molecular flexibility index (Phi) is 5.74. The first kappa shape index (κ1) is 19.5. The predicted molar refractivity (Wildman–Crippen MR) is 118 cm³/mol. The van der Waals surface area contributed by atoms with Crippen LogP contribution in [-0.4, -0.2) is 10.8 Å². The fraction of sp³-hybridized carbons (Fsp3) is 0.136. The van der Waals surface area contributed by atoms with Crippen molar-refractivity contribution in [3.8, 4) is 5.75 Å². The number of aromatic hydroxyl groups is 1. The highest BCUT2D eigenvalue weighted by atomic mass is 79.9. The lowest BCUT2D eigenvalue weighted by atomic mass is 9.93. The molecule has 0 bridgehead atoms. The van der Waals surface area contributed by atoms with Crippen LogP contribution in [0.1, 0.15) is 35.3 Å². The van der Waals surface area contributed by atoms with Crippen LogP contribution in [0.2, 0.25) is 10.0 Å². The fourth-order valence-corrected chi connectivity index (χ4v) is 3.91. The molecule has 28 heavy (non-hydrogen) atoms. The van der Waals surface area contributed by atoms with E-state index < -0.39 is 0 Å². The number of rotatable bonds is 3. The first-order valence-corrected chi connectivity index (χ1v) is 10.4. The van der Waals surface area contributed by atoms with Gasteiger partial charge in [-0.2, -0.15) is 0 Å². The van der Waals surface area contributed by atoms with Gasteiger partial charge in [0.05, 0.1) is 0 Å². The molecule has 3 aromatic rings. The minimum atomic E-state index is -0.256. The van der Waals surface area contributed by atoms with Crippen LogP contribution < -0.4 is 5.32 Å². The van der Waals surface area contributed by atoms with Crippen LogP contribution in [0, 0.1) is 0 Å². The van der Waals surface area contributed by atoms with E-state index >= 15 is 0 Å².